The molecule has 2 amide bonds. The topological polar surface area (TPSA) is 58.2 Å². The minimum absolute atomic E-state index is 0.0734. The van der Waals surface area contributed by atoms with E-state index in [0.717, 1.165) is 11.1 Å². The van der Waals surface area contributed by atoms with Gasteiger partial charge < -0.3 is 10.6 Å². The van der Waals surface area contributed by atoms with Crippen LogP contribution in [0.1, 0.15) is 35.3 Å². The number of carbonyl (C=O) groups is 2. The van der Waals surface area contributed by atoms with Crippen molar-refractivity contribution >= 4 is 35.2 Å². The van der Waals surface area contributed by atoms with Gasteiger partial charge in [0.1, 0.15) is 0 Å². The predicted molar refractivity (Wildman–Crippen MR) is 103 cm³/mol. The Morgan fingerprint density at radius 1 is 1.08 bits per heavy atom. The summed E-state index contributed by atoms with van der Waals surface area (Å²) in [6, 6.07) is 12.5. The molecule has 0 aliphatic heterocycles. The van der Waals surface area contributed by atoms with E-state index >= 15 is 0 Å². The third-order valence-corrected chi connectivity index (χ3v) is 3.71. The molecule has 2 aromatic rings. The van der Waals surface area contributed by atoms with Gasteiger partial charge in [0.05, 0.1) is 0 Å². The van der Waals surface area contributed by atoms with Crippen LogP contribution in [0.25, 0.3) is 6.08 Å². The molecule has 0 spiro atoms. The highest BCUT2D eigenvalue weighted by molar-refractivity contribution is 6.30. The normalized spacial score (nSPS) is 10.9. The number of hydrogen-bond donors (Lipinski definition) is 2. The van der Waals surface area contributed by atoms with E-state index in [-0.39, 0.29) is 17.9 Å². The Kier molecular flexibility index (Phi) is 6.37. The van der Waals surface area contributed by atoms with Gasteiger partial charge in [-0.15, -0.1) is 0 Å². The molecule has 2 aromatic carbocycles. The molecule has 5 heteroatoms. The number of rotatable bonds is 5. The number of amides is 2. The third kappa shape index (κ3) is 5.76. The Bertz CT molecular complexity index is 796. The monoisotopic (exact) mass is 356 g/mol. The predicted octanol–water partition coefficient (Wildman–Crippen LogP) is 4.44. The summed E-state index contributed by atoms with van der Waals surface area (Å²) in [5, 5.41) is 6.29. The number of anilines is 1. The van der Waals surface area contributed by atoms with E-state index < -0.39 is 0 Å². The minimum atomic E-state index is -0.242. The highest BCUT2D eigenvalue weighted by Gasteiger charge is 2.10. The maximum absolute atomic E-state index is 12.1. The van der Waals surface area contributed by atoms with Crippen molar-refractivity contribution in [3.8, 4) is 0 Å². The van der Waals surface area contributed by atoms with Crippen molar-refractivity contribution in [3.63, 3.8) is 0 Å². The zero-order valence-electron chi connectivity index (χ0n) is 14.5. The van der Waals surface area contributed by atoms with Crippen molar-refractivity contribution in [2.24, 2.45) is 0 Å². The zero-order valence-corrected chi connectivity index (χ0v) is 15.2. The van der Waals surface area contributed by atoms with E-state index in [4.69, 9.17) is 11.6 Å². The van der Waals surface area contributed by atoms with Crippen LogP contribution in [0.5, 0.6) is 0 Å². The Labute approximate surface area is 152 Å². The molecule has 4 nitrogen and oxygen atoms in total. The fourth-order valence-corrected chi connectivity index (χ4v) is 2.39. The van der Waals surface area contributed by atoms with Crippen LogP contribution >= 0.6 is 11.6 Å². The van der Waals surface area contributed by atoms with Crippen LogP contribution < -0.4 is 10.6 Å². The van der Waals surface area contributed by atoms with Crippen LogP contribution in [0.4, 0.5) is 5.69 Å². The van der Waals surface area contributed by atoms with Crippen LogP contribution in [0.15, 0.2) is 48.5 Å². The molecule has 0 aliphatic carbocycles. The Balaban J connectivity index is 2.02. The summed E-state index contributed by atoms with van der Waals surface area (Å²) in [5.41, 5.74) is 2.93. The van der Waals surface area contributed by atoms with Crippen molar-refractivity contribution < 1.29 is 9.59 Å². The van der Waals surface area contributed by atoms with E-state index in [1.54, 1.807) is 36.4 Å². The molecular weight excluding hydrogens is 336 g/mol. The van der Waals surface area contributed by atoms with Crippen molar-refractivity contribution in [2.75, 3.05) is 5.32 Å². The zero-order chi connectivity index (χ0) is 18.4. The smallest absolute Gasteiger partial charge is 0.251 e. The lowest BCUT2D eigenvalue weighted by atomic mass is 10.1. The summed E-state index contributed by atoms with van der Waals surface area (Å²) in [7, 11) is 0. The van der Waals surface area contributed by atoms with Crippen LogP contribution in [0.3, 0.4) is 0 Å². The van der Waals surface area contributed by atoms with Crippen molar-refractivity contribution in [2.45, 2.75) is 26.8 Å². The molecule has 2 rings (SSSR count). The molecule has 25 heavy (non-hydrogen) atoms. The summed E-state index contributed by atoms with van der Waals surface area (Å²) >= 11 is 5.83. The van der Waals surface area contributed by atoms with Crippen LogP contribution in [0.2, 0.25) is 5.02 Å². The lowest BCUT2D eigenvalue weighted by molar-refractivity contribution is -0.111. The van der Waals surface area contributed by atoms with E-state index in [0.29, 0.717) is 16.3 Å². The number of hydrogen-bond acceptors (Lipinski definition) is 2. The molecule has 0 atom stereocenters. The van der Waals surface area contributed by atoms with Gasteiger partial charge >= 0.3 is 0 Å². The third-order valence-electron chi connectivity index (χ3n) is 3.46. The first-order chi connectivity index (χ1) is 11.8. The summed E-state index contributed by atoms with van der Waals surface area (Å²) in [4.78, 5) is 24.1. The van der Waals surface area contributed by atoms with Crippen molar-refractivity contribution in [1.82, 2.24) is 5.32 Å². The molecule has 0 bridgehead atoms. The van der Waals surface area contributed by atoms with Gasteiger partial charge in [-0.1, -0.05) is 23.7 Å². The Morgan fingerprint density at radius 3 is 2.36 bits per heavy atom. The summed E-state index contributed by atoms with van der Waals surface area (Å²) in [6.45, 7) is 5.66. The number of benzene rings is 2. The SMILES string of the molecule is Cc1cc(NC(=O)/C=C/c2ccc(Cl)cc2)ccc1C(=O)NC(C)C. The number of halogens is 1. The molecule has 0 aliphatic rings. The molecule has 0 heterocycles. The van der Waals surface area contributed by atoms with E-state index in [1.807, 2.05) is 32.9 Å². The molecule has 0 unspecified atom stereocenters. The van der Waals surface area contributed by atoms with Crippen molar-refractivity contribution in [1.29, 1.82) is 0 Å². The molecule has 130 valence electrons. The van der Waals surface area contributed by atoms with Crippen LogP contribution in [0, 0.1) is 6.92 Å². The quantitative estimate of drug-likeness (QED) is 0.778. The fourth-order valence-electron chi connectivity index (χ4n) is 2.27. The lowest BCUT2D eigenvalue weighted by Crippen LogP contribution is -2.30. The second kappa shape index (κ2) is 8.49. The second-order valence-electron chi connectivity index (χ2n) is 6.03. The van der Waals surface area contributed by atoms with E-state index in [1.165, 1.54) is 6.08 Å². The maximum atomic E-state index is 12.1. The number of carbonyl (C=O) groups excluding carboxylic acids is 2. The van der Waals surface area contributed by atoms with Gasteiger partial charge in [0.2, 0.25) is 5.91 Å². The van der Waals surface area contributed by atoms with Gasteiger partial charge in [-0.25, -0.2) is 0 Å². The first kappa shape index (κ1) is 18.7. The molecule has 0 saturated carbocycles. The Morgan fingerprint density at radius 2 is 1.76 bits per heavy atom. The average molecular weight is 357 g/mol. The average Bonchev–Trinajstić information content (AvgIpc) is 2.53. The minimum Gasteiger partial charge on any atom is -0.350 e. The van der Waals surface area contributed by atoms with E-state index in [9.17, 15) is 9.59 Å². The highest BCUT2D eigenvalue weighted by atomic mass is 35.5. The largest absolute Gasteiger partial charge is 0.350 e. The molecular formula is C20H21ClN2O2. The van der Waals surface area contributed by atoms with Crippen molar-refractivity contribution in [3.05, 3.63) is 70.3 Å². The summed E-state index contributed by atoms with van der Waals surface area (Å²) in [6.07, 6.45) is 3.17. The Hall–Kier alpha value is -2.59. The maximum Gasteiger partial charge on any atom is 0.251 e. The van der Waals surface area contributed by atoms with Gasteiger partial charge in [-0.05, 0) is 68.3 Å². The summed E-state index contributed by atoms with van der Waals surface area (Å²) < 4.78 is 0. The van der Waals surface area contributed by atoms with Gasteiger partial charge in [0, 0.05) is 28.4 Å². The van der Waals surface area contributed by atoms with Gasteiger partial charge in [0.25, 0.3) is 5.91 Å². The molecule has 0 fully saturated rings. The van der Waals surface area contributed by atoms with E-state index in [2.05, 4.69) is 10.6 Å². The first-order valence-electron chi connectivity index (χ1n) is 8.01. The van der Waals surface area contributed by atoms with Crippen LogP contribution in [-0.4, -0.2) is 17.9 Å². The molecule has 0 radical (unpaired) electrons. The van der Waals surface area contributed by atoms with Gasteiger partial charge in [0.15, 0.2) is 0 Å². The first-order valence-corrected chi connectivity index (χ1v) is 8.39. The van der Waals surface area contributed by atoms with Crippen LogP contribution in [-0.2, 0) is 4.79 Å². The molecule has 0 aromatic heterocycles. The lowest BCUT2D eigenvalue weighted by Gasteiger charge is -2.11. The fraction of sp³-hybridized carbons (Fsp3) is 0.200. The highest BCUT2D eigenvalue weighted by Crippen LogP contribution is 2.16. The van der Waals surface area contributed by atoms with Gasteiger partial charge in [-0.2, -0.15) is 0 Å². The summed E-state index contributed by atoms with van der Waals surface area (Å²) in [5.74, 6) is -0.359. The molecule has 2 N–H and O–H groups in total. The second-order valence-corrected chi connectivity index (χ2v) is 6.47. The molecule has 0 saturated heterocycles. The van der Waals surface area contributed by atoms with Gasteiger partial charge in [-0.3, -0.25) is 9.59 Å². The number of nitrogens with one attached hydrogen (secondary N) is 2. The standard InChI is InChI=1S/C20H21ClN2O2/c1-13(2)22-20(25)18-10-9-17(12-14(18)3)23-19(24)11-6-15-4-7-16(21)8-5-15/h4-13H,1-3H3,(H,22,25)(H,23,24)/b11-6+. The number of aryl methyl sites for hydroxylation is 1.